The molecule has 2 N–H and O–H groups in total. The van der Waals surface area contributed by atoms with Gasteiger partial charge in [-0.15, -0.1) is 10.2 Å². The molecule has 0 saturated heterocycles. The van der Waals surface area contributed by atoms with Crippen molar-refractivity contribution in [3.63, 3.8) is 0 Å². The van der Waals surface area contributed by atoms with Crippen LogP contribution in [0.1, 0.15) is 16.1 Å². The lowest BCUT2D eigenvalue weighted by molar-refractivity contribution is -0.137. The normalized spacial score (nSPS) is 11.6. The quantitative estimate of drug-likeness (QED) is 0.309. The number of tetrazole rings is 1. The Balaban J connectivity index is 1.49. The maximum absolute atomic E-state index is 13.4. The zero-order chi connectivity index (χ0) is 23.9. The van der Waals surface area contributed by atoms with Crippen LogP contribution in [0.15, 0.2) is 69.7 Å². The van der Waals surface area contributed by atoms with Gasteiger partial charge in [-0.1, -0.05) is 45.4 Å². The van der Waals surface area contributed by atoms with E-state index in [9.17, 15) is 18.0 Å². The van der Waals surface area contributed by atoms with E-state index in [0.717, 1.165) is 10.5 Å². The summed E-state index contributed by atoms with van der Waals surface area (Å²) in [6, 6.07) is 14.8. The number of nitrogens with zero attached hydrogens (tertiary/aromatic N) is 4. The molecule has 1 amide bonds. The minimum Gasteiger partial charge on any atom is -0.355 e. The fraction of sp³-hybridized carbons (Fsp3) is 0.0455. The number of carbonyl (C=O) groups is 1. The minimum absolute atomic E-state index is 0.00100. The number of halogens is 4. The first kappa shape index (κ1) is 21.8. The Labute approximate surface area is 197 Å². The maximum Gasteiger partial charge on any atom is 0.417 e. The van der Waals surface area contributed by atoms with Gasteiger partial charge in [0.2, 0.25) is 5.82 Å². The van der Waals surface area contributed by atoms with E-state index in [4.69, 9.17) is 4.52 Å². The maximum atomic E-state index is 13.4. The number of alkyl halides is 3. The molecule has 0 aliphatic carbocycles. The van der Waals surface area contributed by atoms with Crippen molar-refractivity contribution in [2.75, 3.05) is 5.32 Å². The van der Waals surface area contributed by atoms with Crippen LogP contribution in [0.2, 0.25) is 0 Å². The summed E-state index contributed by atoms with van der Waals surface area (Å²) in [7, 11) is 0. The number of amides is 1. The zero-order valence-corrected chi connectivity index (χ0v) is 18.5. The lowest BCUT2D eigenvalue weighted by Crippen LogP contribution is -2.13. The molecule has 2 aromatic heterocycles. The topological polar surface area (TPSA) is 110 Å². The van der Waals surface area contributed by atoms with Gasteiger partial charge in [0.25, 0.3) is 5.91 Å². The second-order valence-corrected chi connectivity index (χ2v) is 8.08. The third-order valence-corrected chi connectivity index (χ3v) is 5.54. The third-order valence-electron chi connectivity index (χ3n) is 5.05. The van der Waals surface area contributed by atoms with Crippen molar-refractivity contribution in [3.8, 4) is 22.5 Å². The van der Waals surface area contributed by atoms with E-state index in [2.05, 4.69) is 47.0 Å². The first-order valence-electron chi connectivity index (χ1n) is 9.72. The average molecular weight is 529 g/mol. The van der Waals surface area contributed by atoms with E-state index in [0.29, 0.717) is 16.6 Å². The zero-order valence-electron chi connectivity index (χ0n) is 16.9. The molecule has 8 nitrogen and oxygen atoms in total. The molecule has 34 heavy (non-hydrogen) atoms. The lowest BCUT2D eigenvalue weighted by Gasteiger charge is -2.12. The number of anilines is 1. The highest BCUT2D eigenvalue weighted by molar-refractivity contribution is 9.10. The molecule has 0 atom stereocenters. The molecule has 0 spiro atoms. The Kier molecular flexibility index (Phi) is 5.36. The number of rotatable bonds is 4. The minimum atomic E-state index is -4.51. The molecule has 5 rings (SSSR count). The molecule has 0 aliphatic heterocycles. The van der Waals surface area contributed by atoms with Crippen molar-refractivity contribution in [2.45, 2.75) is 6.18 Å². The van der Waals surface area contributed by atoms with Gasteiger partial charge in [0.05, 0.1) is 16.6 Å². The number of benzene rings is 3. The summed E-state index contributed by atoms with van der Waals surface area (Å²) in [4.78, 5) is 13.0. The van der Waals surface area contributed by atoms with Gasteiger partial charge in [0.15, 0.2) is 11.3 Å². The van der Waals surface area contributed by atoms with Crippen molar-refractivity contribution in [2.24, 2.45) is 0 Å². The van der Waals surface area contributed by atoms with Crippen LogP contribution in [0.3, 0.4) is 0 Å². The van der Waals surface area contributed by atoms with Crippen molar-refractivity contribution >= 4 is 38.5 Å². The second-order valence-electron chi connectivity index (χ2n) is 7.16. The van der Waals surface area contributed by atoms with Crippen molar-refractivity contribution in [1.29, 1.82) is 0 Å². The number of aromatic nitrogens is 5. The Morgan fingerprint density at radius 3 is 2.62 bits per heavy atom. The summed E-state index contributed by atoms with van der Waals surface area (Å²) in [6.07, 6.45) is -4.51. The molecule has 0 unspecified atom stereocenters. The Hall–Kier alpha value is -4.06. The Morgan fingerprint density at radius 1 is 1.03 bits per heavy atom. The molecule has 0 radical (unpaired) electrons. The molecule has 0 bridgehead atoms. The van der Waals surface area contributed by atoms with E-state index >= 15 is 0 Å². The molecular weight excluding hydrogens is 517 g/mol. The summed E-state index contributed by atoms with van der Waals surface area (Å²) in [6.45, 7) is 0. The molecule has 3 aromatic carbocycles. The van der Waals surface area contributed by atoms with Crippen LogP contribution in [0.25, 0.3) is 33.5 Å². The predicted octanol–water partition coefficient (Wildman–Crippen LogP) is 5.71. The number of hydrogen-bond acceptors (Lipinski definition) is 6. The predicted molar refractivity (Wildman–Crippen MR) is 120 cm³/mol. The number of carbonyl (C=O) groups excluding carboxylic acids is 1. The second kappa shape index (κ2) is 8.37. The van der Waals surface area contributed by atoms with Gasteiger partial charge < -0.3 is 9.84 Å². The number of aromatic amines is 1. The van der Waals surface area contributed by atoms with Gasteiger partial charge in [0, 0.05) is 10.0 Å². The van der Waals surface area contributed by atoms with Crippen molar-refractivity contribution in [1.82, 2.24) is 25.8 Å². The molecule has 0 aliphatic rings. The first-order valence-corrected chi connectivity index (χ1v) is 10.5. The SMILES string of the molecule is O=C(Nc1ccc(Br)cc1-c1nn[nH]n1)c1noc2cc(-c3ccccc3C(F)(F)F)ccc12. The van der Waals surface area contributed by atoms with Crippen LogP contribution in [-0.2, 0) is 6.18 Å². The van der Waals surface area contributed by atoms with Crippen LogP contribution in [0, 0.1) is 0 Å². The van der Waals surface area contributed by atoms with Crippen LogP contribution in [0.4, 0.5) is 18.9 Å². The van der Waals surface area contributed by atoms with E-state index in [1.807, 2.05) is 0 Å². The fourth-order valence-corrected chi connectivity index (χ4v) is 3.88. The third kappa shape index (κ3) is 4.03. The summed E-state index contributed by atoms with van der Waals surface area (Å²) in [5.74, 6) is -0.302. The highest BCUT2D eigenvalue weighted by atomic mass is 79.9. The molecule has 0 fully saturated rings. The van der Waals surface area contributed by atoms with Crippen LogP contribution in [-0.4, -0.2) is 31.7 Å². The summed E-state index contributed by atoms with van der Waals surface area (Å²) in [5.41, 5.74) is 0.587. The smallest absolute Gasteiger partial charge is 0.355 e. The monoisotopic (exact) mass is 528 g/mol. The van der Waals surface area contributed by atoms with Gasteiger partial charge in [-0.3, -0.25) is 4.79 Å². The largest absolute Gasteiger partial charge is 0.417 e. The summed E-state index contributed by atoms with van der Waals surface area (Å²) < 4.78 is 46.3. The van der Waals surface area contributed by atoms with E-state index < -0.39 is 17.6 Å². The first-order chi connectivity index (χ1) is 16.3. The molecule has 2 heterocycles. The molecule has 12 heteroatoms. The Morgan fingerprint density at radius 2 is 1.85 bits per heavy atom. The highest BCUT2D eigenvalue weighted by Gasteiger charge is 2.33. The van der Waals surface area contributed by atoms with Crippen LogP contribution >= 0.6 is 15.9 Å². The van der Waals surface area contributed by atoms with Crippen LogP contribution < -0.4 is 5.32 Å². The molecule has 170 valence electrons. The number of hydrogen-bond donors (Lipinski definition) is 2. The van der Waals surface area contributed by atoms with E-state index in [-0.39, 0.29) is 28.2 Å². The van der Waals surface area contributed by atoms with E-state index in [1.54, 1.807) is 18.2 Å². The molecular formula is C22H12BrF3N6O2. The van der Waals surface area contributed by atoms with Gasteiger partial charge in [-0.25, -0.2) is 0 Å². The van der Waals surface area contributed by atoms with Gasteiger partial charge in [-0.05, 0) is 52.7 Å². The number of fused-ring (bicyclic) bond motifs is 1. The van der Waals surface area contributed by atoms with Gasteiger partial charge in [-0.2, -0.15) is 18.4 Å². The van der Waals surface area contributed by atoms with Crippen molar-refractivity contribution in [3.05, 3.63) is 76.4 Å². The number of H-pyrrole nitrogens is 1. The lowest BCUT2D eigenvalue weighted by atomic mass is 9.98. The van der Waals surface area contributed by atoms with Crippen molar-refractivity contribution < 1.29 is 22.5 Å². The summed E-state index contributed by atoms with van der Waals surface area (Å²) in [5, 5.41) is 20.7. The average Bonchev–Trinajstić information content (AvgIpc) is 3.49. The fourth-order valence-electron chi connectivity index (χ4n) is 3.52. The van der Waals surface area contributed by atoms with Gasteiger partial charge in [0.1, 0.15) is 0 Å². The van der Waals surface area contributed by atoms with Gasteiger partial charge >= 0.3 is 6.18 Å². The highest BCUT2D eigenvalue weighted by Crippen LogP contribution is 2.38. The van der Waals surface area contributed by atoms with Crippen LogP contribution in [0.5, 0.6) is 0 Å². The standard InChI is InChI=1S/C22H12BrF3N6O2/c23-12-6-8-17(15(10-12)20-28-31-32-29-20)27-21(33)19-14-7-5-11(9-18(14)34-30-19)13-3-1-2-4-16(13)22(24,25)26/h1-10H,(H,27,33)(H,28,29,31,32). The number of nitrogens with one attached hydrogen (secondary N) is 2. The summed E-state index contributed by atoms with van der Waals surface area (Å²) >= 11 is 3.37. The molecule has 0 saturated carbocycles. The van der Waals surface area contributed by atoms with E-state index in [1.165, 1.54) is 36.4 Å². The molecule has 5 aromatic rings. The Bertz CT molecular complexity index is 1520.